The molecule has 0 amide bonds. The van der Waals surface area contributed by atoms with E-state index in [4.69, 9.17) is 4.74 Å². The highest BCUT2D eigenvalue weighted by Gasteiger charge is 2.25. The summed E-state index contributed by atoms with van der Waals surface area (Å²) in [5, 5.41) is 3.24. The molecule has 0 aliphatic rings. The molecule has 0 fully saturated rings. The molecule has 100 valence electrons. The van der Waals surface area contributed by atoms with Crippen LogP contribution in [0.4, 0.5) is 0 Å². The fourth-order valence-corrected chi connectivity index (χ4v) is 1.90. The molecular formula is C15H23NO2. The summed E-state index contributed by atoms with van der Waals surface area (Å²) < 4.78 is 5.01. The normalized spacial score (nSPS) is 13.9. The van der Waals surface area contributed by atoms with Crippen molar-refractivity contribution in [1.29, 1.82) is 0 Å². The first-order chi connectivity index (χ1) is 8.59. The van der Waals surface area contributed by atoms with Gasteiger partial charge in [-0.2, -0.15) is 0 Å². The Bertz CT molecular complexity index is 364. The Morgan fingerprint density at radius 1 is 1.33 bits per heavy atom. The minimum Gasteiger partial charge on any atom is -0.466 e. The van der Waals surface area contributed by atoms with Crippen molar-refractivity contribution in [2.24, 2.45) is 0 Å². The van der Waals surface area contributed by atoms with Gasteiger partial charge in [0.1, 0.15) is 0 Å². The summed E-state index contributed by atoms with van der Waals surface area (Å²) in [6.45, 7) is 4.34. The lowest BCUT2D eigenvalue weighted by molar-refractivity contribution is -0.144. The first kappa shape index (κ1) is 14.7. The Balaban J connectivity index is 2.52. The van der Waals surface area contributed by atoms with Crippen molar-refractivity contribution in [1.82, 2.24) is 5.32 Å². The standard InChI is InChI=1S/C15H23NO2/c1-4-18-14(17)12-15(2,16-3)11-10-13-8-6-5-7-9-13/h5-9,16H,4,10-12H2,1-3H3. The highest BCUT2D eigenvalue weighted by molar-refractivity contribution is 5.70. The Hall–Kier alpha value is -1.35. The molecule has 1 aromatic rings. The van der Waals surface area contributed by atoms with Crippen molar-refractivity contribution in [3.05, 3.63) is 35.9 Å². The summed E-state index contributed by atoms with van der Waals surface area (Å²) in [5.41, 5.74) is 1.09. The zero-order valence-electron chi connectivity index (χ0n) is 11.5. The number of hydrogen-bond donors (Lipinski definition) is 1. The first-order valence-corrected chi connectivity index (χ1v) is 6.48. The van der Waals surface area contributed by atoms with E-state index in [0.717, 1.165) is 12.8 Å². The lowest BCUT2D eigenvalue weighted by Crippen LogP contribution is -2.42. The molecular weight excluding hydrogens is 226 g/mol. The number of ether oxygens (including phenoxy) is 1. The first-order valence-electron chi connectivity index (χ1n) is 6.48. The molecule has 0 saturated heterocycles. The van der Waals surface area contributed by atoms with Gasteiger partial charge in [0.25, 0.3) is 0 Å². The Morgan fingerprint density at radius 3 is 2.56 bits per heavy atom. The molecule has 0 aliphatic carbocycles. The number of carbonyl (C=O) groups excluding carboxylic acids is 1. The maximum absolute atomic E-state index is 11.6. The van der Waals surface area contributed by atoms with Crippen molar-refractivity contribution < 1.29 is 9.53 Å². The summed E-state index contributed by atoms with van der Waals surface area (Å²) in [6.07, 6.45) is 2.27. The average Bonchev–Trinajstić information content (AvgIpc) is 2.38. The van der Waals surface area contributed by atoms with Gasteiger partial charge in [-0.3, -0.25) is 4.79 Å². The van der Waals surface area contributed by atoms with Crippen LogP contribution in [0.1, 0.15) is 32.3 Å². The molecule has 0 spiro atoms. The van der Waals surface area contributed by atoms with Crippen molar-refractivity contribution in [2.45, 2.75) is 38.6 Å². The van der Waals surface area contributed by atoms with Crippen LogP contribution in [0, 0.1) is 0 Å². The SMILES string of the molecule is CCOC(=O)CC(C)(CCc1ccccc1)NC. The van der Waals surface area contributed by atoms with Gasteiger partial charge in [-0.25, -0.2) is 0 Å². The minimum atomic E-state index is -0.206. The second kappa shape index (κ2) is 7.17. The monoisotopic (exact) mass is 249 g/mol. The molecule has 0 aliphatic heterocycles. The molecule has 18 heavy (non-hydrogen) atoms. The third-order valence-electron chi connectivity index (χ3n) is 3.25. The van der Waals surface area contributed by atoms with E-state index in [1.807, 2.05) is 32.2 Å². The average molecular weight is 249 g/mol. The molecule has 3 heteroatoms. The zero-order chi connectivity index (χ0) is 13.4. The van der Waals surface area contributed by atoms with Crippen LogP contribution in [0.5, 0.6) is 0 Å². The number of rotatable bonds is 7. The lowest BCUT2D eigenvalue weighted by Gasteiger charge is -2.28. The number of carbonyl (C=O) groups is 1. The summed E-state index contributed by atoms with van der Waals surface area (Å²) in [6, 6.07) is 10.3. The van der Waals surface area contributed by atoms with Gasteiger partial charge < -0.3 is 10.1 Å². The van der Waals surface area contributed by atoms with Gasteiger partial charge in [0, 0.05) is 5.54 Å². The number of nitrogens with one attached hydrogen (secondary N) is 1. The molecule has 0 bridgehead atoms. The van der Waals surface area contributed by atoms with Crippen LogP contribution in [0.25, 0.3) is 0 Å². The number of esters is 1. The van der Waals surface area contributed by atoms with Crippen LogP contribution in [0.2, 0.25) is 0 Å². The molecule has 0 heterocycles. The molecule has 1 aromatic carbocycles. The minimum absolute atomic E-state index is 0.137. The largest absolute Gasteiger partial charge is 0.466 e. The summed E-state index contributed by atoms with van der Waals surface area (Å²) in [7, 11) is 1.89. The highest BCUT2D eigenvalue weighted by atomic mass is 16.5. The Morgan fingerprint density at radius 2 is 2.00 bits per heavy atom. The summed E-state index contributed by atoms with van der Waals surface area (Å²) in [5.74, 6) is -0.137. The maximum Gasteiger partial charge on any atom is 0.307 e. The second-order valence-electron chi connectivity index (χ2n) is 4.78. The highest BCUT2D eigenvalue weighted by Crippen LogP contribution is 2.18. The fourth-order valence-electron chi connectivity index (χ4n) is 1.90. The molecule has 0 radical (unpaired) electrons. The Kier molecular flexibility index (Phi) is 5.86. The molecule has 1 unspecified atom stereocenters. The van der Waals surface area contributed by atoms with Crippen LogP contribution < -0.4 is 5.32 Å². The summed E-state index contributed by atoms with van der Waals surface area (Å²) in [4.78, 5) is 11.6. The van der Waals surface area contributed by atoms with Gasteiger partial charge in [0.05, 0.1) is 13.0 Å². The third kappa shape index (κ3) is 4.88. The molecule has 1 N–H and O–H groups in total. The fraction of sp³-hybridized carbons (Fsp3) is 0.533. The van der Waals surface area contributed by atoms with Crippen molar-refractivity contribution in [2.75, 3.05) is 13.7 Å². The molecule has 3 nitrogen and oxygen atoms in total. The summed E-state index contributed by atoms with van der Waals surface area (Å²) >= 11 is 0. The number of aryl methyl sites for hydroxylation is 1. The number of benzene rings is 1. The van der Waals surface area contributed by atoms with Gasteiger partial charge in [0.2, 0.25) is 0 Å². The van der Waals surface area contributed by atoms with Gasteiger partial charge in [0.15, 0.2) is 0 Å². The number of hydrogen-bond acceptors (Lipinski definition) is 3. The second-order valence-corrected chi connectivity index (χ2v) is 4.78. The molecule has 1 rings (SSSR count). The van der Waals surface area contributed by atoms with Crippen LogP contribution in [-0.2, 0) is 16.0 Å². The van der Waals surface area contributed by atoms with Crippen molar-refractivity contribution in [3.63, 3.8) is 0 Å². The predicted molar refractivity (Wildman–Crippen MR) is 73.5 cm³/mol. The maximum atomic E-state index is 11.6. The van der Waals surface area contributed by atoms with Crippen molar-refractivity contribution >= 4 is 5.97 Å². The van der Waals surface area contributed by atoms with E-state index >= 15 is 0 Å². The topological polar surface area (TPSA) is 38.3 Å². The smallest absolute Gasteiger partial charge is 0.307 e. The molecule has 0 aromatic heterocycles. The molecule has 1 atom stereocenters. The molecule has 0 saturated carbocycles. The van der Waals surface area contributed by atoms with E-state index in [9.17, 15) is 4.79 Å². The van der Waals surface area contributed by atoms with Crippen molar-refractivity contribution in [3.8, 4) is 0 Å². The van der Waals surface area contributed by atoms with Gasteiger partial charge in [-0.1, -0.05) is 30.3 Å². The van der Waals surface area contributed by atoms with E-state index in [2.05, 4.69) is 24.4 Å². The van der Waals surface area contributed by atoms with Crippen LogP contribution in [-0.4, -0.2) is 25.2 Å². The zero-order valence-corrected chi connectivity index (χ0v) is 11.5. The van der Waals surface area contributed by atoms with Crippen LogP contribution in [0.15, 0.2) is 30.3 Å². The predicted octanol–water partition coefficient (Wildman–Crippen LogP) is 2.55. The van der Waals surface area contributed by atoms with E-state index < -0.39 is 0 Å². The van der Waals surface area contributed by atoms with Gasteiger partial charge in [-0.05, 0) is 39.3 Å². The lowest BCUT2D eigenvalue weighted by atomic mass is 9.90. The van der Waals surface area contributed by atoms with Crippen LogP contribution in [0.3, 0.4) is 0 Å². The van der Waals surface area contributed by atoms with Gasteiger partial charge >= 0.3 is 5.97 Å². The van der Waals surface area contributed by atoms with Gasteiger partial charge in [-0.15, -0.1) is 0 Å². The van der Waals surface area contributed by atoms with E-state index in [-0.39, 0.29) is 11.5 Å². The Labute approximate surface area is 110 Å². The van der Waals surface area contributed by atoms with Crippen LogP contribution >= 0.6 is 0 Å². The van der Waals surface area contributed by atoms with E-state index in [1.54, 1.807) is 0 Å². The van der Waals surface area contributed by atoms with E-state index in [0.29, 0.717) is 13.0 Å². The third-order valence-corrected chi connectivity index (χ3v) is 3.25. The van der Waals surface area contributed by atoms with E-state index in [1.165, 1.54) is 5.56 Å². The quantitative estimate of drug-likeness (QED) is 0.755.